The number of ether oxygens (including phenoxy) is 1. The van der Waals surface area contributed by atoms with E-state index in [-0.39, 0.29) is 17.1 Å². The molecule has 1 heterocycles. The van der Waals surface area contributed by atoms with Crippen LogP contribution in [0.25, 0.3) is 0 Å². The first-order valence-corrected chi connectivity index (χ1v) is 10.8. The topological polar surface area (TPSA) is 72.5 Å². The molecule has 4 fully saturated rings. The molecule has 146 valence electrons. The van der Waals surface area contributed by atoms with Gasteiger partial charge in [0.1, 0.15) is 6.04 Å². The molecular formula is C21H27NO4S. The van der Waals surface area contributed by atoms with Crippen LogP contribution in [0, 0.1) is 23.2 Å². The number of amides is 1. The number of esters is 1. The molecule has 4 bridgehead atoms. The van der Waals surface area contributed by atoms with Crippen molar-refractivity contribution in [2.45, 2.75) is 64.5 Å². The molecule has 0 spiro atoms. The SMILES string of the molecule is CC(NC(=O)c1cccs1)C(=O)OC(C)C(=O)C12CC3CC(CC(C3)C1)C2. The zero-order valence-corrected chi connectivity index (χ0v) is 16.7. The van der Waals surface area contributed by atoms with Crippen molar-refractivity contribution in [1.82, 2.24) is 5.32 Å². The van der Waals surface area contributed by atoms with Gasteiger partial charge in [-0.15, -0.1) is 11.3 Å². The molecule has 27 heavy (non-hydrogen) atoms. The first kappa shape index (κ1) is 18.7. The van der Waals surface area contributed by atoms with Crippen LogP contribution in [0.3, 0.4) is 0 Å². The van der Waals surface area contributed by atoms with E-state index >= 15 is 0 Å². The minimum atomic E-state index is -0.786. The molecule has 5 nitrogen and oxygen atoms in total. The molecule has 0 aliphatic heterocycles. The third kappa shape index (κ3) is 3.56. The van der Waals surface area contributed by atoms with E-state index in [0.717, 1.165) is 19.3 Å². The molecule has 0 radical (unpaired) electrons. The summed E-state index contributed by atoms with van der Waals surface area (Å²) in [5.74, 6) is 1.26. The van der Waals surface area contributed by atoms with E-state index in [2.05, 4.69) is 5.32 Å². The Morgan fingerprint density at radius 3 is 2.22 bits per heavy atom. The number of nitrogens with one attached hydrogen (secondary N) is 1. The van der Waals surface area contributed by atoms with Gasteiger partial charge in [-0.05, 0) is 81.6 Å². The fourth-order valence-electron chi connectivity index (χ4n) is 5.91. The van der Waals surface area contributed by atoms with Crippen molar-refractivity contribution in [2.75, 3.05) is 0 Å². The summed E-state index contributed by atoms with van der Waals surface area (Å²) < 4.78 is 5.48. The Morgan fingerprint density at radius 2 is 1.70 bits per heavy atom. The maximum absolute atomic E-state index is 13.2. The maximum atomic E-state index is 13.2. The van der Waals surface area contributed by atoms with Gasteiger partial charge in [0, 0.05) is 5.41 Å². The van der Waals surface area contributed by atoms with Crippen LogP contribution in [-0.2, 0) is 14.3 Å². The fraction of sp³-hybridized carbons (Fsp3) is 0.667. The van der Waals surface area contributed by atoms with Crippen LogP contribution in [-0.4, -0.2) is 29.8 Å². The molecule has 1 amide bonds. The summed E-state index contributed by atoms with van der Waals surface area (Å²) in [4.78, 5) is 38.2. The van der Waals surface area contributed by atoms with Crippen molar-refractivity contribution in [3.8, 4) is 0 Å². The number of carbonyl (C=O) groups is 3. The Bertz CT molecular complexity index is 706. The van der Waals surface area contributed by atoms with E-state index in [0.29, 0.717) is 22.6 Å². The van der Waals surface area contributed by atoms with Crippen molar-refractivity contribution in [3.63, 3.8) is 0 Å². The van der Waals surface area contributed by atoms with Crippen molar-refractivity contribution >= 4 is 29.0 Å². The summed E-state index contributed by atoms with van der Waals surface area (Å²) in [5, 5.41) is 4.46. The molecule has 2 atom stereocenters. The van der Waals surface area contributed by atoms with Gasteiger partial charge in [-0.2, -0.15) is 0 Å². The second kappa shape index (κ2) is 7.04. The maximum Gasteiger partial charge on any atom is 0.329 e. The molecule has 4 aliphatic carbocycles. The minimum absolute atomic E-state index is 0.0896. The lowest BCUT2D eigenvalue weighted by atomic mass is 9.48. The molecule has 1 aromatic heterocycles. The first-order valence-electron chi connectivity index (χ1n) is 9.95. The lowest BCUT2D eigenvalue weighted by molar-refractivity contribution is -0.165. The molecule has 6 heteroatoms. The second-order valence-electron chi connectivity index (χ2n) is 8.81. The van der Waals surface area contributed by atoms with Gasteiger partial charge in [0.25, 0.3) is 5.91 Å². The Hall–Kier alpha value is -1.69. The first-order chi connectivity index (χ1) is 12.9. The third-order valence-electron chi connectivity index (χ3n) is 6.67. The molecule has 5 rings (SSSR count). The predicted octanol–water partition coefficient (Wildman–Crippen LogP) is 3.58. The summed E-state index contributed by atoms with van der Waals surface area (Å²) in [7, 11) is 0. The molecule has 1 N–H and O–H groups in total. The Kier molecular flexibility index (Phi) is 4.87. The second-order valence-corrected chi connectivity index (χ2v) is 9.76. The number of hydrogen-bond donors (Lipinski definition) is 1. The highest BCUT2D eigenvalue weighted by atomic mass is 32.1. The van der Waals surface area contributed by atoms with Gasteiger partial charge in [0.15, 0.2) is 11.9 Å². The molecule has 2 unspecified atom stereocenters. The van der Waals surface area contributed by atoms with Crippen LogP contribution >= 0.6 is 11.3 Å². The van der Waals surface area contributed by atoms with Gasteiger partial charge in [0.05, 0.1) is 4.88 Å². The average Bonchev–Trinajstić information content (AvgIpc) is 3.14. The molecule has 4 saturated carbocycles. The normalized spacial score (nSPS) is 33.3. The average molecular weight is 390 g/mol. The van der Waals surface area contributed by atoms with E-state index in [1.54, 1.807) is 26.0 Å². The Labute approximate surface area is 163 Å². The molecule has 0 saturated heterocycles. The van der Waals surface area contributed by atoms with Crippen molar-refractivity contribution < 1.29 is 19.1 Å². The minimum Gasteiger partial charge on any atom is -0.453 e. The zero-order valence-electron chi connectivity index (χ0n) is 15.9. The van der Waals surface area contributed by atoms with E-state index in [1.165, 1.54) is 30.6 Å². The van der Waals surface area contributed by atoms with Crippen LogP contribution in [0.1, 0.15) is 62.0 Å². The number of rotatable bonds is 6. The van der Waals surface area contributed by atoms with Gasteiger partial charge in [-0.25, -0.2) is 4.79 Å². The Morgan fingerprint density at radius 1 is 1.11 bits per heavy atom. The third-order valence-corrected chi connectivity index (χ3v) is 7.54. The monoisotopic (exact) mass is 389 g/mol. The van der Waals surface area contributed by atoms with Crippen LogP contribution in [0.2, 0.25) is 0 Å². The zero-order chi connectivity index (χ0) is 19.2. The van der Waals surface area contributed by atoms with E-state index < -0.39 is 18.1 Å². The van der Waals surface area contributed by atoms with E-state index in [1.807, 2.05) is 5.38 Å². The van der Waals surface area contributed by atoms with Gasteiger partial charge >= 0.3 is 5.97 Å². The van der Waals surface area contributed by atoms with E-state index in [4.69, 9.17) is 4.74 Å². The predicted molar refractivity (Wildman–Crippen MR) is 102 cm³/mol. The summed E-state index contributed by atoms with van der Waals surface area (Å²) in [6, 6.07) is 2.71. The summed E-state index contributed by atoms with van der Waals surface area (Å²) in [6.07, 6.45) is 5.94. The number of carbonyl (C=O) groups excluding carboxylic acids is 3. The standard InChI is InChI=1S/C21H27NO4S/c1-12(22-19(24)17-4-3-5-27-17)20(25)26-13(2)18(23)21-9-14-6-15(10-21)8-16(7-14)11-21/h3-5,12-16H,6-11H2,1-2H3,(H,22,24). The highest BCUT2D eigenvalue weighted by Crippen LogP contribution is 2.60. The van der Waals surface area contributed by atoms with Gasteiger partial charge in [0.2, 0.25) is 0 Å². The largest absolute Gasteiger partial charge is 0.453 e. The molecular weight excluding hydrogens is 362 g/mol. The van der Waals surface area contributed by atoms with Crippen LogP contribution in [0.15, 0.2) is 17.5 Å². The quantitative estimate of drug-likeness (QED) is 0.755. The van der Waals surface area contributed by atoms with E-state index in [9.17, 15) is 14.4 Å². The number of Topliss-reactive ketones (excluding diaryl/α,β-unsaturated/α-hetero) is 1. The number of hydrogen-bond acceptors (Lipinski definition) is 5. The summed E-state index contributed by atoms with van der Waals surface area (Å²) >= 11 is 1.32. The summed E-state index contributed by atoms with van der Waals surface area (Å²) in [6.45, 7) is 3.28. The van der Waals surface area contributed by atoms with Gasteiger partial charge < -0.3 is 10.1 Å². The highest BCUT2D eigenvalue weighted by molar-refractivity contribution is 7.12. The molecule has 4 aliphatic rings. The number of thiophene rings is 1. The highest BCUT2D eigenvalue weighted by Gasteiger charge is 2.55. The van der Waals surface area contributed by atoms with Gasteiger partial charge in [-0.1, -0.05) is 6.07 Å². The fourth-order valence-corrected chi connectivity index (χ4v) is 6.53. The lowest BCUT2D eigenvalue weighted by Crippen LogP contribution is -2.53. The lowest BCUT2D eigenvalue weighted by Gasteiger charge is -2.56. The van der Waals surface area contributed by atoms with Crippen LogP contribution in [0.4, 0.5) is 0 Å². The summed E-state index contributed by atoms with van der Waals surface area (Å²) in [5.41, 5.74) is -0.280. The van der Waals surface area contributed by atoms with Crippen LogP contribution in [0.5, 0.6) is 0 Å². The molecule has 1 aromatic rings. The number of ketones is 1. The van der Waals surface area contributed by atoms with Gasteiger partial charge in [-0.3, -0.25) is 9.59 Å². The van der Waals surface area contributed by atoms with Crippen LogP contribution < -0.4 is 5.32 Å². The Balaban J connectivity index is 1.35. The van der Waals surface area contributed by atoms with Crippen molar-refractivity contribution in [2.24, 2.45) is 23.2 Å². The van der Waals surface area contributed by atoms with Crippen molar-refractivity contribution in [1.29, 1.82) is 0 Å². The van der Waals surface area contributed by atoms with Crippen molar-refractivity contribution in [3.05, 3.63) is 22.4 Å². The molecule has 0 aromatic carbocycles. The smallest absolute Gasteiger partial charge is 0.329 e.